The topological polar surface area (TPSA) is 36.7 Å². The van der Waals surface area contributed by atoms with Crippen LogP contribution in [-0.2, 0) is 18.8 Å². The van der Waals surface area contributed by atoms with Crippen molar-refractivity contribution in [2.45, 2.75) is 18.8 Å². The van der Waals surface area contributed by atoms with Gasteiger partial charge in [0.05, 0.1) is 18.1 Å². The van der Waals surface area contributed by atoms with Gasteiger partial charge < -0.3 is 0 Å². The normalized spacial score (nSPS) is 12.3. The number of hydrogen-bond acceptors (Lipinski definition) is 2. The van der Waals surface area contributed by atoms with Crippen molar-refractivity contribution in [3.8, 4) is 6.07 Å². The summed E-state index contributed by atoms with van der Waals surface area (Å²) in [6, 6.07) is 1.62. The van der Waals surface area contributed by atoms with Crippen LogP contribution in [0.25, 0.3) is 0 Å². The first kappa shape index (κ1) is 13.3. The lowest BCUT2D eigenvalue weighted by Crippen LogP contribution is -2.14. The van der Waals surface area contributed by atoms with Gasteiger partial charge in [0, 0.05) is 6.20 Å². The van der Waals surface area contributed by atoms with Crippen LogP contribution in [0.15, 0.2) is 12.3 Å². The minimum Gasteiger partial charge on any atom is -0.251 e. The van der Waals surface area contributed by atoms with E-state index in [4.69, 9.17) is 5.26 Å². The van der Waals surface area contributed by atoms with Crippen molar-refractivity contribution in [2.75, 3.05) is 0 Å². The standard InChI is InChI=1S/C9H4F6N2/c10-8(11,12)6-4-17-7(9(13,14)15)3-5(6)1-2-16/h3-4H,1H2. The Balaban J connectivity index is 3.33. The SMILES string of the molecule is N#CCc1cc(C(F)(F)F)ncc1C(F)(F)F. The van der Waals surface area contributed by atoms with Gasteiger partial charge in [-0.05, 0) is 11.6 Å². The third kappa shape index (κ3) is 3.09. The average Bonchev–Trinajstić information content (AvgIpc) is 2.15. The van der Waals surface area contributed by atoms with Crippen molar-refractivity contribution in [2.24, 2.45) is 0 Å². The first-order valence-electron chi connectivity index (χ1n) is 4.16. The van der Waals surface area contributed by atoms with Crippen molar-refractivity contribution < 1.29 is 26.3 Å². The van der Waals surface area contributed by atoms with Crippen LogP contribution in [-0.4, -0.2) is 4.98 Å². The van der Waals surface area contributed by atoms with E-state index >= 15 is 0 Å². The summed E-state index contributed by atoms with van der Waals surface area (Å²) in [7, 11) is 0. The van der Waals surface area contributed by atoms with Crippen LogP contribution in [0.2, 0.25) is 0 Å². The highest BCUT2D eigenvalue weighted by atomic mass is 19.4. The lowest BCUT2D eigenvalue weighted by Gasteiger charge is -2.13. The molecule has 0 aliphatic carbocycles. The Morgan fingerprint density at radius 3 is 2.12 bits per heavy atom. The van der Waals surface area contributed by atoms with E-state index < -0.39 is 35.6 Å². The van der Waals surface area contributed by atoms with Crippen molar-refractivity contribution in [3.05, 3.63) is 29.1 Å². The van der Waals surface area contributed by atoms with Crippen molar-refractivity contribution in [1.82, 2.24) is 4.98 Å². The number of alkyl halides is 6. The van der Waals surface area contributed by atoms with E-state index in [1.807, 2.05) is 0 Å². The second kappa shape index (κ2) is 4.24. The molecule has 2 nitrogen and oxygen atoms in total. The van der Waals surface area contributed by atoms with Crippen LogP contribution in [0.3, 0.4) is 0 Å². The van der Waals surface area contributed by atoms with E-state index in [-0.39, 0.29) is 12.3 Å². The van der Waals surface area contributed by atoms with Gasteiger partial charge in [-0.15, -0.1) is 0 Å². The maximum Gasteiger partial charge on any atom is 0.433 e. The lowest BCUT2D eigenvalue weighted by atomic mass is 10.1. The molecule has 0 radical (unpaired) electrons. The fraction of sp³-hybridized carbons (Fsp3) is 0.333. The van der Waals surface area contributed by atoms with E-state index in [9.17, 15) is 26.3 Å². The van der Waals surface area contributed by atoms with Gasteiger partial charge in [-0.1, -0.05) is 0 Å². The molecule has 92 valence electrons. The second-order valence-corrected chi connectivity index (χ2v) is 3.06. The summed E-state index contributed by atoms with van der Waals surface area (Å²) >= 11 is 0. The number of nitrogens with zero attached hydrogens (tertiary/aromatic N) is 2. The Morgan fingerprint density at radius 2 is 1.71 bits per heavy atom. The molecule has 0 amide bonds. The minimum absolute atomic E-state index is 0.0928. The molecule has 0 aliphatic heterocycles. The summed E-state index contributed by atoms with van der Waals surface area (Å²) in [6.07, 6.45) is -10.3. The molecule has 0 N–H and O–H groups in total. The van der Waals surface area contributed by atoms with E-state index in [1.165, 1.54) is 6.07 Å². The largest absolute Gasteiger partial charge is 0.433 e. The number of aromatic nitrogens is 1. The molecule has 1 rings (SSSR count). The molecule has 0 aliphatic rings. The molecule has 1 aromatic rings. The van der Waals surface area contributed by atoms with Crippen LogP contribution < -0.4 is 0 Å². The van der Waals surface area contributed by atoms with Gasteiger partial charge in [-0.2, -0.15) is 31.6 Å². The fourth-order valence-electron chi connectivity index (χ4n) is 1.14. The molecular weight excluding hydrogens is 250 g/mol. The van der Waals surface area contributed by atoms with Crippen LogP contribution >= 0.6 is 0 Å². The Labute approximate surface area is 91.5 Å². The van der Waals surface area contributed by atoms with E-state index in [0.29, 0.717) is 0 Å². The number of pyridine rings is 1. The zero-order valence-electron chi connectivity index (χ0n) is 8.02. The number of rotatable bonds is 1. The maximum atomic E-state index is 12.4. The summed E-state index contributed by atoms with van der Waals surface area (Å²) in [5.41, 5.74) is -3.51. The zero-order valence-corrected chi connectivity index (χ0v) is 8.02. The molecule has 8 heteroatoms. The predicted octanol–water partition coefficient (Wildman–Crippen LogP) is 3.19. The molecule has 17 heavy (non-hydrogen) atoms. The van der Waals surface area contributed by atoms with Gasteiger partial charge >= 0.3 is 12.4 Å². The van der Waals surface area contributed by atoms with E-state index in [1.54, 1.807) is 0 Å². The van der Waals surface area contributed by atoms with E-state index in [2.05, 4.69) is 4.98 Å². The summed E-state index contributed by atoms with van der Waals surface area (Å²) < 4.78 is 73.7. The average molecular weight is 254 g/mol. The van der Waals surface area contributed by atoms with Crippen molar-refractivity contribution in [1.29, 1.82) is 5.26 Å². The van der Waals surface area contributed by atoms with Crippen LogP contribution in [0, 0.1) is 11.3 Å². The van der Waals surface area contributed by atoms with Gasteiger partial charge in [0.25, 0.3) is 0 Å². The maximum absolute atomic E-state index is 12.4. The molecule has 0 bridgehead atoms. The zero-order chi connectivity index (χ0) is 13.3. The Hall–Kier alpha value is -1.78. The lowest BCUT2D eigenvalue weighted by molar-refractivity contribution is -0.144. The molecule has 0 unspecified atom stereocenters. The molecule has 0 saturated carbocycles. The van der Waals surface area contributed by atoms with Gasteiger partial charge in [-0.3, -0.25) is 4.98 Å². The first-order valence-corrected chi connectivity index (χ1v) is 4.16. The molecule has 1 aromatic heterocycles. The summed E-state index contributed by atoms with van der Waals surface area (Å²) in [5, 5.41) is 8.28. The predicted molar refractivity (Wildman–Crippen MR) is 43.6 cm³/mol. The van der Waals surface area contributed by atoms with Crippen LogP contribution in [0.5, 0.6) is 0 Å². The first-order chi connectivity index (χ1) is 7.66. The third-order valence-electron chi connectivity index (χ3n) is 1.85. The molecule has 1 heterocycles. The quantitative estimate of drug-likeness (QED) is 0.721. The highest BCUT2D eigenvalue weighted by Gasteiger charge is 2.38. The number of nitriles is 1. The molecule has 0 atom stereocenters. The second-order valence-electron chi connectivity index (χ2n) is 3.06. The summed E-state index contributed by atoms with van der Waals surface area (Å²) in [4.78, 5) is 2.70. The fourth-order valence-corrected chi connectivity index (χ4v) is 1.14. The van der Waals surface area contributed by atoms with Gasteiger partial charge in [0.2, 0.25) is 0 Å². The van der Waals surface area contributed by atoms with Crippen LogP contribution in [0.1, 0.15) is 16.8 Å². The van der Waals surface area contributed by atoms with Crippen molar-refractivity contribution >= 4 is 0 Å². The summed E-state index contributed by atoms with van der Waals surface area (Å²) in [6.45, 7) is 0. The van der Waals surface area contributed by atoms with Gasteiger partial charge in [0.15, 0.2) is 0 Å². The smallest absolute Gasteiger partial charge is 0.251 e. The Kier molecular flexibility index (Phi) is 3.31. The third-order valence-corrected chi connectivity index (χ3v) is 1.85. The highest BCUT2D eigenvalue weighted by Crippen LogP contribution is 2.35. The summed E-state index contributed by atoms with van der Waals surface area (Å²) in [5.74, 6) is 0. The van der Waals surface area contributed by atoms with E-state index in [0.717, 1.165) is 0 Å². The minimum atomic E-state index is -4.84. The Bertz CT molecular complexity index is 454. The number of halogens is 6. The molecule has 0 aromatic carbocycles. The van der Waals surface area contributed by atoms with Crippen LogP contribution in [0.4, 0.5) is 26.3 Å². The molecular formula is C9H4F6N2. The highest BCUT2D eigenvalue weighted by molar-refractivity contribution is 5.32. The number of hydrogen-bond donors (Lipinski definition) is 0. The molecule has 0 fully saturated rings. The van der Waals surface area contributed by atoms with Gasteiger partial charge in [-0.25, -0.2) is 0 Å². The monoisotopic (exact) mass is 254 g/mol. The van der Waals surface area contributed by atoms with Gasteiger partial charge in [0.1, 0.15) is 5.69 Å². The molecule has 0 spiro atoms. The Morgan fingerprint density at radius 1 is 1.12 bits per heavy atom. The molecule has 0 saturated heterocycles. The van der Waals surface area contributed by atoms with Crippen molar-refractivity contribution in [3.63, 3.8) is 0 Å².